The fourth-order valence-electron chi connectivity index (χ4n) is 4.03. The van der Waals surface area contributed by atoms with E-state index in [1.807, 2.05) is 10.8 Å². The molecule has 32 heavy (non-hydrogen) atoms. The molecule has 2 N–H and O–H groups in total. The van der Waals surface area contributed by atoms with Gasteiger partial charge >= 0.3 is 0 Å². The number of anilines is 1. The number of carbonyl (C=O) groups is 2. The number of hydrogen-bond acceptors (Lipinski definition) is 5. The summed E-state index contributed by atoms with van der Waals surface area (Å²) in [6, 6.07) is 11.4. The van der Waals surface area contributed by atoms with Gasteiger partial charge in [-0.25, -0.2) is 4.98 Å². The first kappa shape index (κ1) is 22.2. The van der Waals surface area contributed by atoms with Crippen molar-refractivity contribution in [2.75, 3.05) is 25.0 Å². The van der Waals surface area contributed by atoms with Crippen LogP contribution in [0.3, 0.4) is 0 Å². The number of amides is 2. The number of thiophene rings is 1. The van der Waals surface area contributed by atoms with Gasteiger partial charge in [0, 0.05) is 61.1 Å². The second kappa shape index (κ2) is 11.1. The van der Waals surface area contributed by atoms with Gasteiger partial charge in [-0.15, -0.1) is 11.3 Å². The van der Waals surface area contributed by atoms with Crippen LogP contribution in [0, 0.1) is 5.92 Å². The molecule has 0 spiro atoms. The number of likely N-dealkylation sites (tertiary alicyclic amines) is 1. The molecule has 1 unspecified atom stereocenters. The van der Waals surface area contributed by atoms with E-state index in [-0.39, 0.29) is 11.8 Å². The zero-order chi connectivity index (χ0) is 22.2. The summed E-state index contributed by atoms with van der Waals surface area (Å²) in [6.45, 7) is 4.35. The third-order valence-corrected chi connectivity index (χ3v) is 6.54. The number of piperidine rings is 1. The summed E-state index contributed by atoms with van der Waals surface area (Å²) in [7, 11) is 0. The molecule has 0 radical (unpaired) electrons. The van der Waals surface area contributed by atoms with E-state index in [0.29, 0.717) is 36.7 Å². The van der Waals surface area contributed by atoms with Crippen molar-refractivity contribution >= 4 is 28.8 Å². The second-order valence-electron chi connectivity index (χ2n) is 8.21. The molecule has 3 aromatic rings. The number of benzene rings is 1. The van der Waals surface area contributed by atoms with E-state index >= 15 is 0 Å². The van der Waals surface area contributed by atoms with Crippen LogP contribution in [0.15, 0.2) is 60.5 Å². The first-order valence-corrected chi connectivity index (χ1v) is 11.9. The lowest BCUT2D eigenvalue weighted by Gasteiger charge is -2.32. The summed E-state index contributed by atoms with van der Waals surface area (Å²) in [5.41, 5.74) is 1.19. The Hall–Kier alpha value is -2.97. The molecule has 0 aliphatic carbocycles. The van der Waals surface area contributed by atoms with Gasteiger partial charge in [0.2, 0.25) is 5.91 Å². The molecule has 7 nitrogen and oxygen atoms in total. The Morgan fingerprint density at radius 1 is 1.22 bits per heavy atom. The fourth-order valence-corrected chi connectivity index (χ4v) is 4.78. The van der Waals surface area contributed by atoms with Gasteiger partial charge in [-0.05, 0) is 54.9 Å². The van der Waals surface area contributed by atoms with Crippen molar-refractivity contribution in [2.24, 2.45) is 5.92 Å². The number of aryl methyl sites for hydroxylation is 1. The molecule has 1 saturated heterocycles. The van der Waals surface area contributed by atoms with Crippen LogP contribution in [0.1, 0.15) is 34.5 Å². The fraction of sp³-hybridized carbons (Fsp3) is 0.375. The van der Waals surface area contributed by atoms with E-state index in [2.05, 4.69) is 38.0 Å². The maximum Gasteiger partial charge on any atom is 0.251 e. The summed E-state index contributed by atoms with van der Waals surface area (Å²) in [5.74, 6) is 0.262. The molecular weight excluding hydrogens is 422 g/mol. The van der Waals surface area contributed by atoms with Crippen LogP contribution in [-0.4, -0.2) is 45.9 Å². The molecule has 2 amide bonds. The molecular formula is C24H29N5O2S. The Morgan fingerprint density at radius 2 is 2.16 bits per heavy atom. The Bertz CT molecular complexity index is 1000. The number of nitrogens with zero attached hydrogens (tertiary/aromatic N) is 3. The molecule has 8 heteroatoms. The number of hydrogen-bond donors (Lipinski definition) is 2. The molecule has 2 aromatic heterocycles. The highest BCUT2D eigenvalue weighted by Crippen LogP contribution is 2.20. The monoisotopic (exact) mass is 451 g/mol. The van der Waals surface area contributed by atoms with Crippen LogP contribution in [0.4, 0.5) is 5.69 Å². The summed E-state index contributed by atoms with van der Waals surface area (Å²) in [6.07, 6.45) is 7.84. The molecule has 4 rings (SSSR count). The summed E-state index contributed by atoms with van der Waals surface area (Å²) in [5, 5.41) is 8.08. The van der Waals surface area contributed by atoms with Crippen LogP contribution in [-0.2, 0) is 17.9 Å². The van der Waals surface area contributed by atoms with Crippen molar-refractivity contribution in [3.8, 4) is 0 Å². The minimum atomic E-state index is -0.102. The van der Waals surface area contributed by atoms with Crippen LogP contribution in [0.5, 0.6) is 0 Å². The molecule has 0 saturated carbocycles. The SMILES string of the molecule is O=C(CCn1ccnc1)Nc1cccc(C(=O)NCC2CCCN(Cc3cccs3)C2)c1. The highest BCUT2D eigenvalue weighted by atomic mass is 32.1. The first-order valence-electron chi connectivity index (χ1n) is 11.0. The van der Waals surface area contributed by atoms with Crippen LogP contribution in [0.25, 0.3) is 0 Å². The quantitative estimate of drug-likeness (QED) is 0.521. The van der Waals surface area contributed by atoms with Crippen LogP contribution >= 0.6 is 11.3 Å². The van der Waals surface area contributed by atoms with Crippen molar-refractivity contribution in [3.63, 3.8) is 0 Å². The minimum Gasteiger partial charge on any atom is -0.352 e. The Labute approximate surface area is 192 Å². The molecule has 1 fully saturated rings. The minimum absolute atomic E-state index is 0.0932. The van der Waals surface area contributed by atoms with E-state index in [1.165, 1.54) is 4.88 Å². The molecule has 0 bridgehead atoms. The smallest absolute Gasteiger partial charge is 0.251 e. The maximum atomic E-state index is 12.7. The number of aromatic nitrogens is 2. The maximum absolute atomic E-state index is 12.7. The lowest BCUT2D eigenvalue weighted by molar-refractivity contribution is -0.116. The summed E-state index contributed by atoms with van der Waals surface area (Å²) >= 11 is 1.80. The average molecular weight is 452 g/mol. The normalized spacial score (nSPS) is 16.6. The predicted molar refractivity (Wildman–Crippen MR) is 127 cm³/mol. The molecule has 1 aliphatic rings. The highest BCUT2D eigenvalue weighted by molar-refractivity contribution is 7.09. The predicted octanol–water partition coefficient (Wildman–Crippen LogP) is 3.62. The number of imidazole rings is 1. The van der Waals surface area contributed by atoms with Crippen LogP contribution < -0.4 is 10.6 Å². The number of carbonyl (C=O) groups excluding carboxylic acids is 2. The van der Waals surface area contributed by atoms with E-state index in [0.717, 1.165) is 32.5 Å². The van der Waals surface area contributed by atoms with E-state index in [9.17, 15) is 9.59 Å². The first-order chi connectivity index (χ1) is 15.7. The van der Waals surface area contributed by atoms with Gasteiger partial charge in [0.25, 0.3) is 5.91 Å². The lowest BCUT2D eigenvalue weighted by atomic mass is 9.97. The standard InChI is InChI=1S/C24H29N5O2S/c30-23(8-11-28-12-9-25-18-28)27-21-6-1-5-20(14-21)24(31)26-15-19-4-2-10-29(16-19)17-22-7-3-13-32-22/h1,3,5-7,9,12-14,18-19H,2,4,8,10-11,15-17H2,(H,26,31)(H,27,30). The Morgan fingerprint density at radius 3 is 2.97 bits per heavy atom. The Kier molecular flexibility index (Phi) is 7.68. The molecule has 1 atom stereocenters. The van der Waals surface area contributed by atoms with Gasteiger partial charge in [0.15, 0.2) is 0 Å². The van der Waals surface area contributed by atoms with Gasteiger partial charge in [-0.2, -0.15) is 0 Å². The molecule has 168 valence electrons. The third-order valence-electron chi connectivity index (χ3n) is 5.68. The topological polar surface area (TPSA) is 79.3 Å². The van der Waals surface area contributed by atoms with Crippen molar-refractivity contribution < 1.29 is 9.59 Å². The second-order valence-corrected chi connectivity index (χ2v) is 9.24. The largest absolute Gasteiger partial charge is 0.352 e. The van der Waals surface area contributed by atoms with E-state index in [1.54, 1.807) is 48.1 Å². The summed E-state index contributed by atoms with van der Waals surface area (Å²) < 4.78 is 1.86. The summed E-state index contributed by atoms with van der Waals surface area (Å²) in [4.78, 5) is 32.8. The molecule has 1 aliphatic heterocycles. The van der Waals surface area contributed by atoms with Gasteiger partial charge in [0.1, 0.15) is 0 Å². The number of nitrogens with one attached hydrogen (secondary N) is 2. The molecule has 3 heterocycles. The Balaban J connectivity index is 1.24. The number of rotatable bonds is 9. The van der Waals surface area contributed by atoms with Gasteiger partial charge in [-0.3, -0.25) is 14.5 Å². The third kappa shape index (κ3) is 6.51. The lowest BCUT2D eigenvalue weighted by Crippen LogP contribution is -2.40. The molecule has 1 aromatic carbocycles. The van der Waals surface area contributed by atoms with Gasteiger partial charge in [0.05, 0.1) is 6.33 Å². The zero-order valence-corrected chi connectivity index (χ0v) is 18.9. The van der Waals surface area contributed by atoms with Crippen molar-refractivity contribution in [2.45, 2.75) is 32.4 Å². The van der Waals surface area contributed by atoms with Crippen molar-refractivity contribution in [1.29, 1.82) is 0 Å². The van der Waals surface area contributed by atoms with Gasteiger partial charge in [-0.1, -0.05) is 12.1 Å². The zero-order valence-electron chi connectivity index (χ0n) is 18.1. The van der Waals surface area contributed by atoms with Crippen molar-refractivity contribution in [1.82, 2.24) is 19.8 Å². The van der Waals surface area contributed by atoms with Gasteiger partial charge < -0.3 is 15.2 Å². The van der Waals surface area contributed by atoms with Crippen molar-refractivity contribution in [3.05, 3.63) is 70.9 Å². The average Bonchev–Trinajstić information content (AvgIpc) is 3.51. The van der Waals surface area contributed by atoms with E-state index < -0.39 is 0 Å². The highest BCUT2D eigenvalue weighted by Gasteiger charge is 2.21. The van der Waals surface area contributed by atoms with E-state index in [4.69, 9.17) is 0 Å². The van der Waals surface area contributed by atoms with Crippen LogP contribution in [0.2, 0.25) is 0 Å².